The maximum absolute atomic E-state index is 12.2. The van der Waals surface area contributed by atoms with Crippen LogP contribution < -0.4 is 28.3 Å². The minimum absolute atomic E-state index is 0. The number of carbonyl (C=O) groups excluding carboxylic acids is 1. The molecule has 3 aromatic rings. The van der Waals surface area contributed by atoms with Crippen LogP contribution in [0.3, 0.4) is 0 Å². The monoisotopic (exact) mass is 400 g/mol. The normalized spacial score (nSPS) is 9.72. The van der Waals surface area contributed by atoms with Crippen molar-refractivity contribution >= 4 is 14.8 Å². The predicted octanol–water partition coefficient (Wildman–Crippen LogP) is 4.08. The molecule has 3 rings (SSSR count). The van der Waals surface area contributed by atoms with Crippen molar-refractivity contribution in [3.63, 3.8) is 0 Å². The summed E-state index contributed by atoms with van der Waals surface area (Å²) < 4.78 is 11.9. The number of hydrogen-bond acceptors (Lipinski definition) is 3. The number of benzene rings is 3. The molecule has 0 fully saturated rings. The Bertz CT molecular complexity index is 894. The first-order valence-electron chi connectivity index (χ1n) is 9.10. The number of aryl methyl sites for hydroxylation is 1. The Kier molecular flexibility index (Phi) is 10.8. The van der Waals surface area contributed by atoms with Gasteiger partial charge >= 0.3 is 18.9 Å². The van der Waals surface area contributed by atoms with Gasteiger partial charge in [0.1, 0.15) is 28.6 Å². The molecule has 3 nitrogen and oxygen atoms in total. The molecular weight excluding hydrogens is 374 g/mol. The number of hydrogen-bond donors (Lipinski definition) is 0. The van der Waals surface area contributed by atoms with Crippen molar-refractivity contribution in [2.24, 2.45) is 5.92 Å². The molecule has 0 heterocycles. The summed E-state index contributed by atoms with van der Waals surface area (Å²) in [5, 5.41) is 0. The molecule has 5 heteroatoms. The third-order valence-electron chi connectivity index (χ3n) is 3.50. The molecule has 0 aromatic heterocycles. The van der Waals surface area contributed by atoms with E-state index in [9.17, 15) is 4.79 Å². The summed E-state index contributed by atoms with van der Waals surface area (Å²) in [6.45, 7) is 9.65. The molecule has 0 radical (unpaired) electrons. The zero-order valence-corrected chi connectivity index (χ0v) is 18.7. The van der Waals surface area contributed by atoms with Crippen LogP contribution in [0.15, 0.2) is 72.8 Å². The SMILES string of the molecule is Cc1ccc(Oc2ccccc2)c(C(=O)P)c1Oc1ccccc1.[CH2-]C(C)C.[Li+]. The zero-order valence-electron chi connectivity index (χ0n) is 17.5. The summed E-state index contributed by atoms with van der Waals surface area (Å²) >= 11 is 0. The van der Waals surface area contributed by atoms with Crippen molar-refractivity contribution in [1.29, 1.82) is 0 Å². The van der Waals surface area contributed by atoms with Gasteiger partial charge in [0, 0.05) is 0 Å². The molecule has 1 unspecified atom stereocenters. The van der Waals surface area contributed by atoms with Gasteiger partial charge < -0.3 is 16.4 Å². The van der Waals surface area contributed by atoms with Gasteiger partial charge in [-0.15, -0.1) is 0 Å². The van der Waals surface area contributed by atoms with Gasteiger partial charge in [-0.2, -0.15) is 5.92 Å². The fourth-order valence-electron chi connectivity index (χ4n) is 2.34. The molecule has 29 heavy (non-hydrogen) atoms. The summed E-state index contributed by atoms with van der Waals surface area (Å²) in [4.78, 5) is 12.2. The molecule has 0 aliphatic rings. The van der Waals surface area contributed by atoms with E-state index in [-0.39, 0.29) is 24.4 Å². The van der Waals surface area contributed by atoms with E-state index in [0.717, 1.165) is 5.56 Å². The second-order valence-electron chi connectivity index (χ2n) is 6.67. The molecule has 0 aliphatic heterocycles. The van der Waals surface area contributed by atoms with E-state index in [1.54, 1.807) is 6.07 Å². The molecule has 146 valence electrons. The number of rotatable bonds is 5. The van der Waals surface area contributed by atoms with Crippen LogP contribution in [-0.4, -0.2) is 5.52 Å². The first kappa shape index (κ1) is 25.0. The van der Waals surface area contributed by atoms with Gasteiger partial charge in [0.2, 0.25) is 0 Å². The summed E-state index contributed by atoms with van der Waals surface area (Å²) in [6.07, 6.45) is 0. The largest absolute Gasteiger partial charge is 1.00 e. The van der Waals surface area contributed by atoms with Gasteiger partial charge in [-0.3, -0.25) is 4.79 Å². The van der Waals surface area contributed by atoms with Crippen LogP contribution in [0, 0.1) is 19.8 Å². The Hall–Kier alpha value is -2.04. The third kappa shape index (κ3) is 8.07. The van der Waals surface area contributed by atoms with Crippen LogP contribution >= 0.6 is 9.24 Å². The second-order valence-corrected chi connectivity index (χ2v) is 7.20. The number of carbonyl (C=O) groups is 1. The van der Waals surface area contributed by atoms with Crippen molar-refractivity contribution in [3.05, 3.63) is 90.8 Å². The van der Waals surface area contributed by atoms with Crippen LogP contribution in [0.5, 0.6) is 23.0 Å². The minimum atomic E-state index is -0.185. The molecule has 1 atom stereocenters. The Morgan fingerprint density at radius 3 is 1.76 bits per heavy atom. The molecule has 0 bridgehead atoms. The summed E-state index contributed by atoms with van der Waals surface area (Å²) in [7, 11) is 2.20. The molecule has 0 aliphatic carbocycles. The number of para-hydroxylation sites is 2. The molecule has 0 spiro atoms. The van der Waals surface area contributed by atoms with Gasteiger partial charge in [0.25, 0.3) is 0 Å². The van der Waals surface area contributed by atoms with Crippen molar-refractivity contribution in [2.75, 3.05) is 0 Å². The van der Waals surface area contributed by atoms with E-state index in [1.165, 1.54) is 0 Å². The maximum atomic E-state index is 12.2. The summed E-state index contributed by atoms with van der Waals surface area (Å²) in [6, 6.07) is 22.4. The van der Waals surface area contributed by atoms with Gasteiger partial charge in [-0.1, -0.05) is 65.6 Å². The second kappa shape index (κ2) is 12.5. The van der Waals surface area contributed by atoms with E-state index in [0.29, 0.717) is 34.5 Å². The summed E-state index contributed by atoms with van der Waals surface area (Å²) in [5.74, 6) is 2.90. The topological polar surface area (TPSA) is 35.5 Å². The van der Waals surface area contributed by atoms with Gasteiger partial charge in [0.05, 0.1) is 0 Å². The van der Waals surface area contributed by atoms with Crippen molar-refractivity contribution in [2.45, 2.75) is 20.8 Å². The molecule has 0 saturated heterocycles. The standard InChI is InChI=1S/C20H17O3P.C4H9.Li/c1-14-12-13-17(22-15-8-4-2-5-9-15)18(20(21)24)19(14)23-16-10-6-3-7-11-16;1-4(2)3;/h2-13H,24H2,1H3;4H,1H2,2-3H3;/q;-1;+1. The van der Waals surface area contributed by atoms with Crippen LogP contribution in [0.2, 0.25) is 0 Å². The first-order chi connectivity index (χ1) is 13.4. The van der Waals surface area contributed by atoms with E-state index in [4.69, 9.17) is 9.47 Å². The van der Waals surface area contributed by atoms with Gasteiger partial charge in [0.15, 0.2) is 5.52 Å². The molecule has 0 saturated carbocycles. The summed E-state index contributed by atoms with van der Waals surface area (Å²) in [5.41, 5.74) is 1.09. The van der Waals surface area contributed by atoms with E-state index >= 15 is 0 Å². The Morgan fingerprint density at radius 1 is 0.862 bits per heavy atom. The van der Waals surface area contributed by atoms with Crippen molar-refractivity contribution in [3.8, 4) is 23.0 Å². The van der Waals surface area contributed by atoms with Crippen LogP contribution in [0.1, 0.15) is 29.8 Å². The van der Waals surface area contributed by atoms with E-state index in [1.807, 2.05) is 73.7 Å². The first-order valence-corrected chi connectivity index (χ1v) is 9.68. The molecule has 3 aromatic carbocycles. The maximum Gasteiger partial charge on any atom is 1.00 e. The fourth-order valence-corrected chi connectivity index (χ4v) is 2.61. The van der Waals surface area contributed by atoms with Gasteiger partial charge in [-0.25, -0.2) is 0 Å². The number of ether oxygens (including phenoxy) is 2. The minimum Gasteiger partial charge on any atom is -0.456 e. The average molecular weight is 400 g/mol. The Balaban J connectivity index is 0.000000771. The average Bonchev–Trinajstić information content (AvgIpc) is 2.65. The fraction of sp³-hybridized carbons (Fsp3) is 0.167. The third-order valence-corrected chi connectivity index (χ3v) is 3.79. The molecular formula is C24H26LiO3P. The van der Waals surface area contributed by atoms with Crippen molar-refractivity contribution in [1.82, 2.24) is 0 Å². The van der Waals surface area contributed by atoms with E-state index < -0.39 is 0 Å². The van der Waals surface area contributed by atoms with Crippen LogP contribution in [0.4, 0.5) is 0 Å². The zero-order chi connectivity index (χ0) is 20.5. The smallest absolute Gasteiger partial charge is 0.456 e. The predicted molar refractivity (Wildman–Crippen MR) is 118 cm³/mol. The Morgan fingerprint density at radius 2 is 1.31 bits per heavy atom. The quantitative estimate of drug-likeness (QED) is 0.368. The van der Waals surface area contributed by atoms with Crippen LogP contribution in [0.25, 0.3) is 0 Å². The van der Waals surface area contributed by atoms with Gasteiger partial charge in [-0.05, 0) is 42.8 Å². The Labute approximate surface area is 188 Å². The van der Waals surface area contributed by atoms with Crippen molar-refractivity contribution < 1.29 is 33.1 Å². The van der Waals surface area contributed by atoms with Crippen LogP contribution in [-0.2, 0) is 0 Å². The van der Waals surface area contributed by atoms with E-state index in [2.05, 4.69) is 30.0 Å². The molecule has 0 N–H and O–H groups in total. The molecule has 0 amide bonds.